The highest BCUT2D eigenvalue weighted by Gasteiger charge is 2.30. The zero-order chi connectivity index (χ0) is 17.6. The van der Waals surface area contributed by atoms with Crippen molar-refractivity contribution in [2.45, 2.75) is 30.6 Å². The number of benzene rings is 2. The average Bonchev–Trinajstić information content (AvgIpc) is 3.34. The van der Waals surface area contributed by atoms with Crippen molar-refractivity contribution in [1.29, 1.82) is 0 Å². The Hall–Kier alpha value is -2.51. The van der Waals surface area contributed by atoms with Gasteiger partial charge in [0.1, 0.15) is 0 Å². The van der Waals surface area contributed by atoms with Gasteiger partial charge < -0.3 is 0 Å². The van der Waals surface area contributed by atoms with Crippen LogP contribution in [0.2, 0.25) is 0 Å². The number of rotatable bonds is 4. The molecule has 0 radical (unpaired) electrons. The molecule has 1 heterocycles. The van der Waals surface area contributed by atoms with Crippen molar-refractivity contribution in [3.8, 4) is 17.1 Å². The highest BCUT2D eigenvalue weighted by molar-refractivity contribution is 7.89. The molecule has 0 unspecified atom stereocenters. The highest BCUT2D eigenvalue weighted by atomic mass is 32.2. The molecule has 2 aromatic carbocycles. The first-order chi connectivity index (χ1) is 11.9. The molecule has 0 amide bonds. The number of aromatic nitrogens is 3. The Morgan fingerprint density at radius 1 is 1.12 bits per heavy atom. The van der Waals surface area contributed by atoms with E-state index in [1.165, 1.54) is 6.07 Å². The van der Waals surface area contributed by atoms with Crippen molar-refractivity contribution in [3.63, 3.8) is 0 Å². The van der Waals surface area contributed by atoms with Crippen LogP contribution in [0.15, 0.2) is 53.4 Å². The van der Waals surface area contributed by atoms with E-state index in [9.17, 15) is 8.42 Å². The van der Waals surface area contributed by atoms with Gasteiger partial charge in [-0.15, -0.1) is 0 Å². The van der Waals surface area contributed by atoms with E-state index in [0.717, 1.165) is 35.5 Å². The normalized spacial score (nSPS) is 14.6. The molecule has 0 bridgehead atoms. The Balaban J connectivity index is 1.93. The molecule has 0 saturated heterocycles. The summed E-state index contributed by atoms with van der Waals surface area (Å²) in [5.74, 6) is 1.83. The lowest BCUT2D eigenvalue weighted by atomic mass is 10.1. The molecule has 1 aliphatic rings. The van der Waals surface area contributed by atoms with Gasteiger partial charge in [0.2, 0.25) is 10.0 Å². The lowest BCUT2D eigenvalue weighted by Crippen LogP contribution is -2.12. The molecule has 3 aromatic rings. The molecule has 6 nitrogen and oxygen atoms in total. The fraction of sp³-hybridized carbons (Fsp3) is 0.222. The van der Waals surface area contributed by atoms with E-state index in [-0.39, 0.29) is 4.90 Å². The fourth-order valence-electron chi connectivity index (χ4n) is 2.79. The number of hydrogen-bond acceptors (Lipinski definition) is 4. The molecule has 128 valence electrons. The number of nitrogens with zero attached hydrogens (tertiary/aromatic N) is 3. The van der Waals surface area contributed by atoms with Gasteiger partial charge in [-0.05, 0) is 49.6 Å². The predicted molar refractivity (Wildman–Crippen MR) is 94.9 cm³/mol. The first-order valence-corrected chi connectivity index (χ1v) is 9.64. The van der Waals surface area contributed by atoms with Crippen LogP contribution >= 0.6 is 0 Å². The summed E-state index contributed by atoms with van der Waals surface area (Å²) in [7, 11) is -3.78. The van der Waals surface area contributed by atoms with Gasteiger partial charge in [-0.1, -0.05) is 24.3 Å². The quantitative estimate of drug-likeness (QED) is 0.780. The van der Waals surface area contributed by atoms with Gasteiger partial charge >= 0.3 is 0 Å². The Morgan fingerprint density at radius 2 is 1.84 bits per heavy atom. The van der Waals surface area contributed by atoms with Crippen molar-refractivity contribution in [2.75, 3.05) is 0 Å². The number of primary sulfonamides is 1. The second kappa shape index (κ2) is 5.79. The zero-order valence-electron chi connectivity index (χ0n) is 13.8. The molecule has 0 aliphatic heterocycles. The first-order valence-electron chi connectivity index (χ1n) is 8.10. The maximum absolute atomic E-state index is 11.7. The van der Waals surface area contributed by atoms with Crippen LogP contribution in [0.4, 0.5) is 0 Å². The lowest BCUT2D eigenvalue weighted by Gasteiger charge is -2.09. The fourth-order valence-corrected chi connectivity index (χ4v) is 3.32. The van der Waals surface area contributed by atoms with E-state index in [0.29, 0.717) is 11.7 Å². The van der Waals surface area contributed by atoms with Crippen LogP contribution in [0.1, 0.15) is 30.1 Å². The molecular weight excluding hydrogens is 336 g/mol. The summed E-state index contributed by atoms with van der Waals surface area (Å²) in [5.41, 5.74) is 2.52. The second-order valence-electron chi connectivity index (χ2n) is 6.34. The van der Waals surface area contributed by atoms with Crippen molar-refractivity contribution >= 4 is 10.0 Å². The summed E-state index contributed by atoms with van der Waals surface area (Å²) in [6.45, 7) is 1.92. The number of nitrogens with two attached hydrogens (primary N) is 1. The van der Waals surface area contributed by atoms with Crippen LogP contribution in [-0.2, 0) is 10.0 Å². The van der Waals surface area contributed by atoms with Crippen molar-refractivity contribution in [3.05, 3.63) is 59.9 Å². The third kappa shape index (κ3) is 3.08. The van der Waals surface area contributed by atoms with Gasteiger partial charge in [0, 0.05) is 11.5 Å². The van der Waals surface area contributed by atoms with Gasteiger partial charge in [-0.25, -0.2) is 23.2 Å². The van der Waals surface area contributed by atoms with Crippen LogP contribution in [0.25, 0.3) is 17.1 Å². The SMILES string of the molecule is Cc1ccc(S(N)(=O)=O)cc1-c1nc(C2CC2)nn1-c1ccccc1. The summed E-state index contributed by atoms with van der Waals surface area (Å²) >= 11 is 0. The van der Waals surface area contributed by atoms with Gasteiger partial charge in [0.25, 0.3) is 0 Å². The summed E-state index contributed by atoms with van der Waals surface area (Å²) in [6, 6.07) is 14.5. The number of sulfonamides is 1. The van der Waals surface area contributed by atoms with Gasteiger partial charge in [0.15, 0.2) is 11.6 Å². The predicted octanol–water partition coefficient (Wildman–Crippen LogP) is 2.77. The molecule has 25 heavy (non-hydrogen) atoms. The summed E-state index contributed by atoms with van der Waals surface area (Å²) in [4.78, 5) is 4.79. The molecule has 1 aromatic heterocycles. The van der Waals surface area contributed by atoms with Crippen LogP contribution in [0.5, 0.6) is 0 Å². The molecule has 2 N–H and O–H groups in total. The zero-order valence-corrected chi connectivity index (χ0v) is 14.6. The molecule has 0 atom stereocenters. The van der Waals surface area contributed by atoms with E-state index in [2.05, 4.69) is 5.10 Å². The number of aryl methyl sites for hydroxylation is 1. The van der Waals surface area contributed by atoms with E-state index in [1.807, 2.05) is 37.3 Å². The molecular formula is C18H18N4O2S. The largest absolute Gasteiger partial charge is 0.238 e. The topological polar surface area (TPSA) is 90.9 Å². The molecule has 7 heteroatoms. The van der Waals surface area contributed by atoms with Crippen LogP contribution in [0, 0.1) is 6.92 Å². The average molecular weight is 354 g/mol. The van der Waals surface area contributed by atoms with E-state index < -0.39 is 10.0 Å². The minimum absolute atomic E-state index is 0.0729. The standard InChI is InChI=1S/C18H18N4O2S/c1-12-7-10-15(25(19,23)24)11-16(12)18-20-17(13-8-9-13)21-22(18)14-5-3-2-4-6-14/h2-7,10-11,13H,8-9H2,1H3,(H2,19,23,24). The third-order valence-corrected chi connectivity index (χ3v) is 5.26. The van der Waals surface area contributed by atoms with Crippen molar-refractivity contribution in [2.24, 2.45) is 5.14 Å². The van der Waals surface area contributed by atoms with Crippen LogP contribution in [0.3, 0.4) is 0 Å². The van der Waals surface area contributed by atoms with E-state index in [1.54, 1.807) is 16.8 Å². The Bertz CT molecular complexity index is 1040. The number of hydrogen-bond donors (Lipinski definition) is 1. The van der Waals surface area contributed by atoms with E-state index >= 15 is 0 Å². The van der Waals surface area contributed by atoms with Crippen LogP contribution < -0.4 is 5.14 Å². The molecule has 1 aliphatic carbocycles. The maximum Gasteiger partial charge on any atom is 0.238 e. The van der Waals surface area contributed by atoms with Gasteiger partial charge in [0.05, 0.1) is 10.6 Å². The van der Waals surface area contributed by atoms with Crippen molar-refractivity contribution < 1.29 is 8.42 Å². The first kappa shape index (κ1) is 16.0. The Kier molecular flexibility index (Phi) is 3.70. The molecule has 1 fully saturated rings. The molecule has 0 spiro atoms. The maximum atomic E-state index is 11.7. The summed E-state index contributed by atoms with van der Waals surface area (Å²) < 4.78 is 25.3. The van der Waals surface area contributed by atoms with Crippen molar-refractivity contribution in [1.82, 2.24) is 14.8 Å². The third-order valence-electron chi connectivity index (χ3n) is 4.35. The minimum Gasteiger partial charge on any atom is -0.225 e. The number of para-hydroxylation sites is 1. The Labute approximate surface area is 146 Å². The monoisotopic (exact) mass is 354 g/mol. The van der Waals surface area contributed by atoms with Gasteiger partial charge in [-0.2, -0.15) is 5.10 Å². The molecule has 1 saturated carbocycles. The smallest absolute Gasteiger partial charge is 0.225 e. The highest BCUT2D eigenvalue weighted by Crippen LogP contribution is 2.39. The lowest BCUT2D eigenvalue weighted by molar-refractivity contribution is 0.598. The van der Waals surface area contributed by atoms with E-state index in [4.69, 9.17) is 10.1 Å². The van der Waals surface area contributed by atoms with Gasteiger partial charge in [-0.3, -0.25) is 0 Å². The summed E-state index contributed by atoms with van der Waals surface area (Å²) in [5, 5.41) is 9.97. The second-order valence-corrected chi connectivity index (χ2v) is 7.90. The Morgan fingerprint density at radius 3 is 2.48 bits per heavy atom. The summed E-state index contributed by atoms with van der Waals surface area (Å²) in [6.07, 6.45) is 2.18. The molecule has 4 rings (SSSR count). The van der Waals surface area contributed by atoms with Crippen LogP contribution in [-0.4, -0.2) is 23.2 Å². The minimum atomic E-state index is -3.78.